The topological polar surface area (TPSA) is 55.1 Å². The third-order valence-electron chi connectivity index (χ3n) is 3.55. The molecule has 26 heavy (non-hydrogen) atoms. The summed E-state index contributed by atoms with van der Waals surface area (Å²) >= 11 is 13.3. The third-order valence-corrected chi connectivity index (χ3v) is 5.10. The lowest BCUT2D eigenvalue weighted by atomic mass is 10.2. The van der Waals surface area contributed by atoms with E-state index in [2.05, 4.69) is 20.6 Å². The summed E-state index contributed by atoms with van der Waals surface area (Å²) < 4.78 is 28.4. The van der Waals surface area contributed by atoms with E-state index in [1.165, 1.54) is 36.0 Å². The SMILES string of the molecule is Fc1ccc(N=C2CSc3nnc(-c4cc(F)c(Cl)cc4Cl)n3N2)cc1. The lowest BCUT2D eigenvalue weighted by Gasteiger charge is -2.19. The Hall–Kier alpha value is -2.16. The molecule has 0 bridgehead atoms. The van der Waals surface area contributed by atoms with Gasteiger partial charge in [0.05, 0.1) is 21.5 Å². The van der Waals surface area contributed by atoms with Crippen LogP contribution < -0.4 is 5.43 Å². The Labute approximate surface area is 161 Å². The molecule has 0 amide bonds. The van der Waals surface area contributed by atoms with Gasteiger partial charge in [0.25, 0.3) is 0 Å². The van der Waals surface area contributed by atoms with Crippen LogP contribution in [-0.4, -0.2) is 26.5 Å². The van der Waals surface area contributed by atoms with Gasteiger partial charge in [0.15, 0.2) is 5.82 Å². The first-order chi connectivity index (χ1) is 12.5. The van der Waals surface area contributed by atoms with Crippen molar-refractivity contribution in [1.29, 1.82) is 0 Å². The van der Waals surface area contributed by atoms with Crippen molar-refractivity contribution in [2.45, 2.75) is 5.16 Å². The number of fused-ring (bicyclic) bond motifs is 1. The predicted octanol–water partition coefficient (Wildman–Crippen LogP) is 4.91. The third kappa shape index (κ3) is 3.27. The van der Waals surface area contributed by atoms with Gasteiger partial charge in [-0.3, -0.25) is 5.43 Å². The highest BCUT2D eigenvalue weighted by molar-refractivity contribution is 7.99. The van der Waals surface area contributed by atoms with Crippen LogP contribution in [0.4, 0.5) is 14.5 Å². The van der Waals surface area contributed by atoms with E-state index in [0.717, 1.165) is 0 Å². The number of hydrogen-bond donors (Lipinski definition) is 1. The molecule has 1 aliphatic rings. The molecule has 1 aromatic heterocycles. The van der Waals surface area contributed by atoms with Crippen LogP contribution in [0.2, 0.25) is 10.0 Å². The molecule has 0 radical (unpaired) electrons. The quantitative estimate of drug-likeness (QED) is 0.608. The summed E-state index contributed by atoms with van der Waals surface area (Å²) in [5.41, 5.74) is 4.03. The highest BCUT2D eigenvalue weighted by Gasteiger charge is 2.23. The molecule has 3 aromatic rings. The highest BCUT2D eigenvalue weighted by atomic mass is 35.5. The van der Waals surface area contributed by atoms with Gasteiger partial charge in [-0.05, 0) is 36.4 Å². The lowest BCUT2D eigenvalue weighted by molar-refractivity contribution is 0.627. The summed E-state index contributed by atoms with van der Waals surface area (Å²) in [6.07, 6.45) is 0. The first-order valence-electron chi connectivity index (χ1n) is 7.34. The van der Waals surface area contributed by atoms with Crippen LogP contribution in [0, 0.1) is 11.6 Å². The van der Waals surface area contributed by atoms with Gasteiger partial charge in [-0.25, -0.2) is 18.4 Å². The van der Waals surface area contributed by atoms with Gasteiger partial charge in [-0.1, -0.05) is 35.0 Å². The maximum atomic E-state index is 13.9. The Morgan fingerprint density at radius 1 is 1.08 bits per heavy atom. The Balaban J connectivity index is 1.71. The molecule has 0 saturated carbocycles. The number of hydrogen-bond acceptors (Lipinski definition) is 4. The van der Waals surface area contributed by atoms with E-state index in [4.69, 9.17) is 23.2 Å². The lowest BCUT2D eigenvalue weighted by Crippen LogP contribution is -2.30. The monoisotopic (exact) mass is 411 g/mol. The Morgan fingerprint density at radius 2 is 1.85 bits per heavy atom. The fourth-order valence-electron chi connectivity index (χ4n) is 2.36. The van der Waals surface area contributed by atoms with Crippen LogP contribution >= 0.6 is 35.0 Å². The van der Waals surface area contributed by atoms with E-state index in [9.17, 15) is 8.78 Å². The number of benzene rings is 2. The average Bonchev–Trinajstić information content (AvgIpc) is 3.03. The van der Waals surface area contributed by atoms with Crippen LogP contribution in [0.15, 0.2) is 46.5 Å². The second-order valence-electron chi connectivity index (χ2n) is 5.32. The highest BCUT2D eigenvalue weighted by Crippen LogP contribution is 2.33. The van der Waals surface area contributed by atoms with Crippen molar-refractivity contribution in [3.8, 4) is 11.4 Å². The summed E-state index contributed by atoms with van der Waals surface area (Å²) in [6, 6.07) is 8.34. The summed E-state index contributed by atoms with van der Waals surface area (Å²) in [5, 5.41) is 8.92. The van der Waals surface area contributed by atoms with Gasteiger partial charge < -0.3 is 0 Å². The summed E-state index contributed by atoms with van der Waals surface area (Å²) in [6.45, 7) is 0. The second kappa shape index (κ2) is 6.86. The number of amidine groups is 1. The van der Waals surface area contributed by atoms with Crippen LogP contribution in [0.3, 0.4) is 0 Å². The Kier molecular flexibility index (Phi) is 4.56. The summed E-state index contributed by atoms with van der Waals surface area (Å²) in [7, 11) is 0. The molecule has 5 nitrogen and oxygen atoms in total. The summed E-state index contributed by atoms with van der Waals surface area (Å²) in [4.78, 5) is 4.44. The molecule has 2 heterocycles. The maximum absolute atomic E-state index is 13.9. The van der Waals surface area contributed by atoms with Gasteiger partial charge in [-0.2, -0.15) is 0 Å². The number of rotatable bonds is 2. The number of nitrogens with one attached hydrogen (secondary N) is 1. The standard InChI is InChI=1S/C16H9Cl2F2N5S/c17-11-6-12(18)13(20)5-10(11)15-22-23-16-25(15)24-14(7-26-16)21-9-3-1-8(19)2-4-9/h1-6H,7H2,(H,21,24). The molecule has 1 aliphatic heterocycles. The minimum absolute atomic E-state index is 0.0713. The molecule has 4 rings (SSSR count). The molecule has 1 N–H and O–H groups in total. The van der Waals surface area contributed by atoms with Gasteiger partial charge in [-0.15, -0.1) is 10.2 Å². The fraction of sp³-hybridized carbons (Fsp3) is 0.0625. The first-order valence-corrected chi connectivity index (χ1v) is 9.09. The number of aromatic nitrogens is 3. The fourth-order valence-corrected chi connectivity index (χ4v) is 3.58. The van der Waals surface area contributed by atoms with Crippen molar-refractivity contribution in [3.63, 3.8) is 0 Å². The number of aliphatic imine (C=N–C) groups is 1. The first kappa shape index (κ1) is 17.3. The normalized spacial score (nSPS) is 15.0. The Bertz CT molecular complexity index is 1020. The van der Waals surface area contributed by atoms with E-state index >= 15 is 0 Å². The zero-order valence-corrected chi connectivity index (χ0v) is 15.2. The zero-order valence-electron chi connectivity index (χ0n) is 12.9. The van der Waals surface area contributed by atoms with Crippen molar-refractivity contribution in [3.05, 3.63) is 58.1 Å². The van der Waals surface area contributed by atoms with E-state index in [0.29, 0.717) is 33.8 Å². The van der Waals surface area contributed by atoms with Gasteiger partial charge >= 0.3 is 0 Å². The number of thioether (sulfide) groups is 1. The van der Waals surface area contributed by atoms with E-state index in [-0.39, 0.29) is 15.9 Å². The van der Waals surface area contributed by atoms with Crippen molar-refractivity contribution < 1.29 is 8.78 Å². The average molecular weight is 412 g/mol. The van der Waals surface area contributed by atoms with E-state index in [1.54, 1.807) is 16.8 Å². The molecular weight excluding hydrogens is 403 g/mol. The Morgan fingerprint density at radius 3 is 2.62 bits per heavy atom. The van der Waals surface area contributed by atoms with Gasteiger partial charge in [0, 0.05) is 5.56 Å². The molecule has 0 unspecified atom stereocenters. The largest absolute Gasteiger partial charge is 0.276 e. The van der Waals surface area contributed by atoms with E-state index in [1.807, 2.05) is 0 Å². The number of halogens is 4. The number of nitrogens with zero attached hydrogens (tertiary/aromatic N) is 4. The molecule has 132 valence electrons. The summed E-state index contributed by atoms with van der Waals surface area (Å²) in [5.74, 6) is 0.535. The molecular formula is C16H9Cl2F2N5S. The molecule has 0 saturated heterocycles. The minimum Gasteiger partial charge on any atom is -0.276 e. The molecule has 0 atom stereocenters. The van der Waals surface area contributed by atoms with Crippen LogP contribution in [-0.2, 0) is 0 Å². The van der Waals surface area contributed by atoms with Crippen LogP contribution in [0.25, 0.3) is 11.4 Å². The van der Waals surface area contributed by atoms with Crippen molar-refractivity contribution >= 4 is 46.5 Å². The maximum Gasteiger partial charge on any atom is 0.211 e. The van der Waals surface area contributed by atoms with Crippen molar-refractivity contribution in [2.75, 3.05) is 11.2 Å². The smallest absolute Gasteiger partial charge is 0.211 e. The second-order valence-corrected chi connectivity index (χ2v) is 7.08. The molecule has 0 aliphatic carbocycles. The molecule has 10 heteroatoms. The van der Waals surface area contributed by atoms with Crippen molar-refractivity contribution in [1.82, 2.24) is 14.9 Å². The van der Waals surface area contributed by atoms with Gasteiger partial charge in [0.1, 0.15) is 17.5 Å². The molecule has 0 fully saturated rings. The van der Waals surface area contributed by atoms with Crippen molar-refractivity contribution in [2.24, 2.45) is 4.99 Å². The van der Waals surface area contributed by atoms with Gasteiger partial charge in [0.2, 0.25) is 5.16 Å². The zero-order chi connectivity index (χ0) is 18.3. The molecule has 0 spiro atoms. The predicted molar refractivity (Wildman–Crippen MR) is 99.0 cm³/mol. The van der Waals surface area contributed by atoms with Crippen LogP contribution in [0.1, 0.15) is 0 Å². The van der Waals surface area contributed by atoms with E-state index < -0.39 is 5.82 Å². The molecule has 2 aromatic carbocycles. The van der Waals surface area contributed by atoms with Crippen LogP contribution in [0.5, 0.6) is 0 Å². The minimum atomic E-state index is -0.605.